The third-order valence-electron chi connectivity index (χ3n) is 5.22. The van der Waals surface area contributed by atoms with Gasteiger partial charge in [0.25, 0.3) is 0 Å². The molecule has 1 atom stereocenters. The molecule has 2 aromatic heterocycles. The second kappa shape index (κ2) is 6.31. The Morgan fingerprint density at radius 1 is 1.20 bits per heavy atom. The topological polar surface area (TPSA) is 88.2 Å². The van der Waals surface area contributed by atoms with Crippen molar-refractivity contribution in [2.45, 2.75) is 25.8 Å². The van der Waals surface area contributed by atoms with E-state index in [1.165, 1.54) is 0 Å². The molecule has 1 spiro atoms. The summed E-state index contributed by atoms with van der Waals surface area (Å²) in [4.78, 5) is 30.0. The first kappa shape index (κ1) is 15.8. The molecule has 2 fully saturated rings. The molecule has 0 bridgehead atoms. The van der Waals surface area contributed by atoms with E-state index >= 15 is 0 Å². The minimum Gasteiger partial charge on any atom is -0.384 e. The molecule has 0 aromatic carbocycles. The van der Waals surface area contributed by atoms with Gasteiger partial charge in [-0.3, -0.25) is 9.78 Å². The molecule has 2 saturated heterocycles. The molecule has 7 heteroatoms. The molecule has 2 aliphatic rings. The molecule has 0 saturated carbocycles. The van der Waals surface area contributed by atoms with Crippen LogP contribution < -0.4 is 10.6 Å². The highest BCUT2D eigenvalue weighted by Gasteiger charge is 2.48. The number of pyridine rings is 1. The Hall–Kier alpha value is -2.70. The summed E-state index contributed by atoms with van der Waals surface area (Å²) < 4.78 is 0. The Balaban J connectivity index is 1.51. The van der Waals surface area contributed by atoms with Crippen LogP contribution in [0.2, 0.25) is 0 Å². The summed E-state index contributed by atoms with van der Waals surface area (Å²) in [6, 6.07) is 5.60. The number of aromatic nitrogens is 3. The number of nitrogen functional groups attached to an aromatic ring is 1. The summed E-state index contributed by atoms with van der Waals surface area (Å²) in [6.45, 7) is 2.89. The Labute approximate surface area is 146 Å². The fourth-order valence-corrected chi connectivity index (χ4v) is 3.95. The largest absolute Gasteiger partial charge is 0.384 e. The van der Waals surface area contributed by atoms with Crippen LogP contribution in [0.3, 0.4) is 0 Å². The predicted molar refractivity (Wildman–Crippen MR) is 94.6 cm³/mol. The Kier molecular flexibility index (Phi) is 3.99. The number of hydrogen-bond acceptors (Lipinski definition) is 6. The molecule has 2 N–H and O–H groups in total. The summed E-state index contributed by atoms with van der Waals surface area (Å²) in [5.74, 6) is 1.32. The second-order valence-electron chi connectivity index (χ2n) is 6.92. The first-order valence-corrected chi connectivity index (χ1v) is 8.68. The molecule has 25 heavy (non-hydrogen) atoms. The lowest BCUT2D eigenvalue weighted by Gasteiger charge is -2.39. The summed E-state index contributed by atoms with van der Waals surface area (Å²) in [7, 11) is 0. The average molecular weight is 338 g/mol. The zero-order valence-corrected chi connectivity index (χ0v) is 14.1. The average Bonchev–Trinajstić information content (AvgIpc) is 3.05. The van der Waals surface area contributed by atoms with Gasteiger partial charge in [0.15, 0.2) is 0 Å². The zero-order chi connectivity index (χ0) is 17.3. The lowest BCUT2D eigenvalue weighted by Crippen LogP contribution is -2.49. The molecular weight excluding hydrogens is 316 g/mol. The smallest absolute Gasteiger partial charge is 0.230 e. The maximum absolute atomic E-state index is 13.2. The van der Waals surface area contributed by atoms with Crippen LogP contribution in [0.4, 0.5) is 11.8 Å². The monoisotopic (exact) mass is 338 g/mol. The van der Waals surface area contributed by atoms with Crippen molar-refractivity contribution in [3.63, 3.8) is 0 Å². The number of carbonyl (C=O) groups excluding carboxylic acids is 1. The molecule has 2 aromatic rings. The lowest BCUT2D eigenvalue weighted by molar-refractivity contribution is -0.145. The van der Waals surface area contributed by atoms with Crippen molar-refractivity contribution < 1.29 is 4.79 Å². The predicted octanol–water partition coefficient (Wildman–Crippen LogP) is 1.47. The molecule has 1 amide bonds. The van der Waals surface area contributed by atoms with Gasteiger partial charge in [0.1, 0.15) is 5.82 Å². The van der Waals surface area contributed by atoms with Crippen LogP contribution in [0.5, 0.6) is 0 Å². The van der Waals surface area contributed by atoms with Gasteiger partial charge in [0.2, 0.25) is 11.9 Å². The highest BCUT2D eigenvalue weighted by Crippen LogP contribution is 2.41. The van der Waals surface area contributed by atoms with E-state index in [9.17, 15) is 4.79 Å². The van der Waals surface area contributed by atoms with Crippen LogP contribution in [0.1, 0.15) is 24.8 Å². The van der Waals surface area contributed by atoms with Gasteiger partial charge in [-0.15, -0.1) is 0 Å². The normalized spacial score (nSPS) is 23.4. The van der Waals surface area contributed by atoms with E-state index in [1.807, 2.05) is 23.2 Å². The molecule has 0 aliphatic carbocycles. The van der Waals surface area contributed by atoms with E-state index in [0.29, 0.717) is 24.9 Å². The maximum atomic E-state index is 13.2. The second-order valence-corrected chi connectivity index (χ2v) is 6.92. The molecule has 1 unspecified atom stereocenters. The Morgan fingerprint density at radius 2 is 2.12 bits per heavy atom. The van der Waals surface area contributed by atoms with Gasteiger partial charge < -0.3 is 15.5 Å². The van der Waals surface area contributed by atoms with Crippen molar-refractivity contribution in [1.29, 1.82) is 0 Å². The van der Waals surface area contributed by atoms with Crippen molar-refractivity contribution >= 4 is 17.7 Å². The third-order valence-corrected chi connectivity index (χ3v) is 5.22. The number of hydrogen-bond donors (Lipinski definition) is 1. The summed E-state index contributed by atoms with van der Waals surface area (Å²) in [5.41, 5.74) is 6.52. The Bertz CT molecular complexity index is 767. The summed E-state index contributed by atoms with van der Waals surface area (Å²) in [5, 5.41) is 0. The highest BCUT2D eigenvalue weighted by atomic mass is 16.2. The zero-order valence-electron chi connectivity index (χ0n) is 14.1. The Morgan fingerprint density at radius 3 is 2.92 bits per heavy atom. The first-order chi connectivity index (χ1) is 12.2. The van der Waals surface area contributed by atoms with Gasteiger partial charge in [0, 0.05) is 44.8 Å². The fraction of sp³-hybridized carbons (Fsp3) is 0.444. The van der Waals surface area contributed by atoms with E-state index < -0.39 is 0 Å². The quantitative estimate of drug-likeness (QED) is 0.912. The fourth-order valence-electron chi connectivity index (χ4n) is 3.95. The molecule has 130 valence electrons. The van der Waals surface area contributed by atoms with E-state index in [2.05, 4.69) is 19.9 Å². The van der Waals surface area contributed by atoms with Crippen molar-refractivity contribution in [2.75, 3.05) is 30.3 Å². The standard InChI is InChI=1S/C18H22N6O/c19-15-4-8-21-17(22-15)24-10-6-18(13-24)5-2-9-23(16(18)25)12-14-3-1-7-20-11-14/h1,3-4,7-8,11H,2,5-6,9-10,12-13H2,(H2,19,21,22). The van der Waals surface area contributed by atoms with Crippen molar-refractivity contribution in [2.24, 2.45) is 5.41 Å². The highest BCUT2D eigenvalue weighted by molar-refractivity contribution is 5.85. The lowest BCUT2D eigenvalue weighted by atomic mass is 9.78. The SMILES string of the molecule is Nc1ccnc(N2CCC3(CCCN(Cc4cccnc4)C3=O)C2)n1. The number of carbonyl (C=O) groups is 1. The maximum Gasteiger partial charge on any atom is 0.230 e. The minimum atomic E-state index is -0.325. The number of rotatable bonds is 3. The van der Waals surface area contributed by atoms with Crippen LogP contribution >= 0.6 is 0 Å². The number of anilines is 2. The van der Waals surface area contributed by atoms with Crippen molar-refractivity contribution in [3.8, 4) is 0 Å². The minimum absolute atomic E-state index is 0.244. The van der Waals surface area contributed by atoms with Crippen LogP contribution in [-0.2, 0) is 11.3 Å². The van der Waals surface area contributed by atoms with Crippen molar-refractivity contribution in [3.05, 3.63) is 42.4 Å². The molecule has 4 heterocycles. The number of likely N-dealkylation sites (tertiary alicyclic amines) is 1. The van der Waals surface area contributed by atoms with Gasteiger partial charge in [-0.25, -0.2) is 4.98 Å². The van der Waals surface area contributed by atoms with Gasteiger partial charge in [-0.2, -0.15) is 4.98 Å². The van der Waals surface area contributed by atoms with Crippen LogP contribution in [-0.4, -0.2) is 45.4 Å². The van der Waals surface area contributed by atoms with Gasteiger partial charge in [0.05, 0.1) is 5.41 Å². The number of amides is 1. The van der Waals surface area contributed by atoms with Gasteiger partial charge in [-0.1, -0.05) is 6.07 Å². The third kappa shape index (κ3) is 3.01. The molecule has 7 nitrogen and oxygen atoms in total. The molecular formula is C18H22N6O. The summed E-state index contributed by atoms with van der Waals surface area (Å²) in [6.07, 6.45) is 8.04. The van der Waals surface area contributed by atoms with E-state index in [1.54, 1.807) is 18.5 Å². The van der Waals surface area contributed by atoms with E-state index in [4.69, 9.17) is 5.73 Å². The van der Waals surface area contributed by atoms with Crippen LogP contribution in [0, 0.1) is 5.41 Å². The van der Waals surface area contributed by atoms with Crippen LogP contribution in [0.25, 0.3) is 0 Å². The summed E-state index contributed by atoms with van der Waals surface area (Å²) >= 11 is 0. The van der Waals surface area contributed by atoms with Gasteiger partial charge in [-0.05, 0) is 37.0 Å². The molecule has 0 radical (unpaired) electrons. The van der Waals surface area contributed by atoms with Crippen molar-refractivity contribution in [1.82, 2.24) is 19.9 Å². The number of nitrogens with zero attached hydrogens (tertiary/aromatic N) is 5. The molecule has 4 rings (SSSR count). The van der Waals surface area contributed by atoms with Gasteiger partial charge >= 0.3 is 0 Å². The molecule has 2 aliphatic heterocycles. The van der Waals surface area contributed by atoms with E-state index in [0.717, 1.165) is 37.9 Å². The van der Waals surface area contributed by atoms with E-state index in [-0.39, 0.29) is 11.3 Å². The number of piperidine rings is 1. The van der Waals surface area contributed by atoms with Crippen LogP contribution in [0.15, 0.2) is 36.8 Å². The number of nitrogens with two attached hydrogens (primary N) is 1. The first-order valence-electron chi connectivity index (χ1n) is 8.68.